The summed E-state index contributed by atoms with van der Waals surface area (Å²) in [5.74, 6) is 0.655. The molecule has 0 aliphatic heterocycles. The lowest BCUT2D eigenvalue weighted by molar-refractivity contribution is 0.632. The SMILES string of the molecule is CCCCCS(=O)c1nnnn1C. The summed E-state index contributed by atoms with van der Waals surface area (Å²) < 4.78 is 13.0. The highest BCUT2D eigenvalue weighted by molar-refractivity contribution is 7.84. The molecule has 1 atom stereocenters. The molecule has 1 aromatic rings. The van der Waals surface area contributed by atoms with Gasteiger partial charge in [0.15, 0.2) is 0 Å². The Bertz CT molecular complexity index is 286. The highest BCUT2D eigenvalue weighted by Gasteiger charge is 2.09. The van der Waals surface area contributed by atoms with Crippen LogP contribution in [0.15, 0.2) is 5.16 Å². The van der Waals surface area contributed by atoms with Crippen molar-refractivity contribution in [2.24, 2.45) is 7.05 Å². The van der Waals surface area contributed by atoms with E-state index in [1.807, 2.05) is 0 Å². The van der Waals surface area contributed by atoms with Crippen molar-refractivity contribution in [3.05, 3.63) is 0 Å². The average Bonchev–Trinajstić information content (AvgIpc) is 2.52. The third-order valence-corrected chi connectivity index (χ3v) is 3.13. The van der Waals surface area contributed by atoms with Gasteiger partial charge in [0, 0.05) is 12.8 Å². The fraction of sp³-hybridized carbons (Fsp3) is 0.857. The van der Waals surface area contributed by atoms with Gasteiger partial charge in [-0.2, -0.15) is 0 Å². The van der Waals surface area contributed by atoms with E-state index in [2.05, 4.69) is 22.4 Å². The molecule has 5 nitrogen and oxygen atoms in total. The van der Waals surface area contributed by atoms with Gasteiger partial charge in [-0.15, -0.1) is 0 Å². The summed E-state index contributed by atoms with van der Waals surface area (Å²) in [6.45, 7) is 2.12. The van der Waals surface area contributed by atoms with E-state index < -0.39 is 10.8 Å². The molecule has 0 aromatic carbocycles. The minimum atomic E-state index is -1.04. The molecule has 6 heteroatoms. The molecule has 0 saturated heterocycles. The molecule has 13 heavy (non-hydrogen) atoms. The Labute approximate surface area is 80.0 Å². The summed E-state index contributed by atoms with van der Waals surface area (Å²) in [7, 11) is 0.663. The normalized spacial score (nSPS) is 13.1. The Morgan fingerprint density at radius 3 is 2.77 bits per heavy atom. The van der Waals surface area contributed by atoms with Crippen molar-refractivity contribution in [2.75, 3.05) is 5.75 Å². The zero-order valence-electron chi connectivity index (χ0n) is 7.93. The van der Waals surface area contributed by atoms with Crippen molar-refractivity contribution in [3.8, 4) is 0 Å². The van der Waals surface area contributed by atoms with Crippen LogP contribution in [0.3, 0.4) is 0 Å². The largest absolute Gasteiger partial charge is 0.251 e. The Balaban J connectivity index is 2.45. The number of nitrogens with zero attached hydrogens (tertiary/aromatic N) is 4. The maximum atomic E-state index is 11.5. The van der Waals surface area contributed by atoms with Gasteiger partial charge in [-0.1, -0.05) is 24.9 Å². The second-order valence-corrected chi connectivity index (χ2v) is 4.31. The smallest absolute Gasteiger partial charge is 0.239 e. The average molecular weight is 202 g/mol. The summed E-state index contributed by atoms with van der Waals surface area (Å²) >= 11 is 0. The van der Waals surface area contributed by atoms with Gasteiger partial charge in [0.1, 0.15) is 0 Å². The Kier molecular flexibility index (Phi) is 4.01. The molecule has 0 N–H and O–H groups in total. The molecule has 0 fully saturated rings. The van der Waals surface area contributed by atoms with Crippen molar-refractivity contribution in [1.29, 1.82) is 0 Å². The van der Waals surface area contributed by atoms with Crippen LogP contribution in [0.5, 0.6) is 0 Å². The first kappa shape index (κ1) is 10.3. The van der Waals surface area contributed by atoms with E-state index in [9.17, 15) is 4.21 Å². The van der Waals surface area contributed by atoms with Crippen molar-refractivity contribution in [2.45, 2.75) is 31.3 Å². The van der Waals surface area contributed by atoms with E-state index >= 15 is 0 Å². The van der Waals surface area contributed by atoms with Crippen molar-refractivity contribution < 1.29 is 4.21 Å². The molecular formula is C7H14N4OS. The molecule has 1 heterocycles. The van der Waals surface area contributed by atoms with Crippen LogP contribution in [0.1, 0.15) is 26.2 Å². The van der Waals surface area contributed by atoms with Gasteiger partial charge < -0.3 is 0 Å². The maximum Gasteiger partial charge on any atom is 0.239 e. The lowest BCUT2D eigenvalue weighted by atomic mass is 10.3. The number of tetrazole rings is 1. The zero-order valence-corrected chi connectivity index (χ0v) is 8.75. The van der Waals surface area contributed by atoms with Gasteiger partial charge >= 0.3 is 0 Å². The molecule has 0 aliphatic carbocycles. The quantitative estimate of drug-likeness (QED) is 0.653. The lowest BCUT2D eigenvalue weighted by Gasteiger charge is -1.98. The van der Waals surface area contributed by atoms with Gasteiger partial charge in [-0.25, -0.2) is 4.68 Å². The number of rotatable bonds is 5. The third kappa shape index (κ3) is 2.87. The predicted molar refractivity (Wildman–Crippen MR) is 49.6 cm³/mol. The van der Waals surface area contributed by atoms with Crippen LogP contribution in [0.4, 0.5) is 0 Å². The van der Waals surface area contributed by atoms with Crippen LogP contribution in [-0.2, 0) is 17.8 Å². The Morgan fingerprint density at radius 1 is 1.46 bits per heavy atom. The molecule has 74 valence electrons. The fourth-order valence-electron chi connectivity index (χ4n) is 0.989. The van der Waals surface area contributed by atoms with Crippen LogP contribution in [0.2, 0.25) is 0 Å². The fourth-order valence-corrected chi connectivity index (χ4v) is 2.10. The molecule has 0 bridgehead atoms. The van der Waals surface area contributed by atoms with E-state index in [-0.39, 0.29) is 0 Å². The first-order chi connectivity index (χ1) is 6.25. The van der Waals surface area contributed by atoms with Gasteiger partial charge in [0.2, 0.25) is 5.16 Å². The molecule has 0 spiro atoms. The number of hydrogen-bond acceptors (Lipinski definition) is 4. The number of aromatic nitrogens is 4. The van der Waals surface area contributed by atoms with Crippen LogP contribution >= 0.6 is 0 Å². The van der Waals surface area contributed by atoms with E-state index in [0.717, 1.165) is 19.3 Å². The molecular weight excluding hydrogens is 188 g/mol. The highest BCUT2D eigenvalue weighted by atomic mass is 32.2. The minimum Gasteiger partial charge on any atom is -0.251 e. The van der Waals surface area contributed by atoms with Crippen LogP contribution < -0.4 is 0 Å². The second kappa shape index (κ2) is 5.06. The predicted octanol–water partition coefficient (Wildman–Crippen LogP) is 0.508. The standard InChI is InChI=1S/C7H14N4OS/c1-3-4-5-6-13(12)7-8-9-10-11(7)2/h3-6H2,1-2H3. The number of unbranched alkanes of at least 4 members (excludes halogenated alkanes) is 2. The minimum absolute atomic E-state index is 0.469. The van der Waals surface area contributed by atoms with Crippen LogP contribution in [0.25, 0.3) is 0 Å². The van der Waals surface area contributed by atoms with Crippen molar-refractivity contribution in [1.82, 2.24) is 20.2 Å². The molecule has 1 unspecified atom stereocenters. The summed E-state index contributed by atoms with van der Waals surface area (Å²) in [6, 6.07) is 0. The summed E-state index contributed by atoms with van der Waals surface area (Å²) in [6.07, 6.45) is 3.21. The molecule has 0 radical (unpaired) electrons. The van der Waals surface area contributed by atoms with Crippen LogP contribution in [0, 0.1) is 0 Å². The summed E-state index contributed by atoms with van der Waals surface area (Å²) in [5.41, 5.74) is 0. The van der Waals surface area contributed by atoms with E-state index in [0.29, 0.717) is 10.9 Å². The lowest BCUT2D eigenvalue weighted by Crippen LogP contribution is -2.06. The summed E-state index contributed by atoms with van der Waals surface area (Å²) in [5, 5.41) is 11.2. The number of hydrogen-bond donors (Lipinski definition) is 0. The van der Waals surface area contributed by atoms with Crippen molar-refractivity contribution >= 4 is 10.8 Å². The van der Waals surface area contributed by atoms with E-state index in [4.69, 9.17) is 0 Å². The molecule has 0 saturated carbocycles. The summed E-state index contributed by atoms with van der Waals surface area (Å²) in [4.78, 5) is 0. The van der Waals surface area contributed by atoms with Crippen molar-refractivity contribution in [3.63, 3.8) is 0 Å². The Hall–Kier alpha value is -0.780. The Morgan fingerprint density at radius 2 is 2.23 bits per heavy atom. The molecule has 1 aromatic heterocycles. The highest BCUT2D eigenvalue weighted by Crippen LogP contribution is 2.03. The maximum absolute atomic E-state index is 11.5. The molecule has 0 amide bonds. The van der Waals surface area contributed by atoms with Gasteiger partial charge in [0.25, 0.3) is 0 Å². The third-order valence-electron chi connectivity index (χ3n) is 1.72. The van der Waals surface area contributed by atoms with E-state index in [1.165, 1.54) is 4.68 Å². The molecule has 1 rings (SSSR count). The number of aryl methyl sites for hydroxylation is 1. The first-order valence-corrected chi connectivity index (χ1v) is 5.68. The topological polar surface area (TPSA) is 60.7 Å². The van der Waals surface area contributed by atoms with Gasteiger partial charge in [-0.05, 0) is 16.8 Å². The zero-order chi connectivity index (χ0) is 9.68. The van der Waals surface area contributed by atoms with E-state index in [1.54, 1.807) is 7.05 Å². The monoisotopic (exact) mass is 202 g/mol. The van der Waals surface area contributed by atoms with Gasteiger partial charge in [0.05, 0.1) is 10.8 Å². The second-order valence-electron chi connectivity index (χ2n) is 2.84. The van der Waals surface area contributed by atoms with Gasteiger partial charge in [-0.3, -0.25) is 4.21 Å². The first-order valence-electron chi connectivity index (χ1n) is 4.36. The molecule has 0 aliphatic rings. The van der Waals surface area contributed by atoms with Crippen LogP contribution in [-0.4, -0.2) is 30.2 Å².